The molecule has 0 bridgehead atoms. The second-order valence-electron chi connectivity index (χ2n) is 27.5. The van der Waals surface area contributed by atoms with Crippen molar-refractivity contribution in [1.82, 2.24) is 60.6 Å². The van der Waals surface area contributed by atoms with E-state index in [1.165, 1.54) is 92.4 Å². The fraction of sp³-hybridized carbons (Fsp3) is 0.278. The maximum Gasteiger partial charge on any atom is 0.376 e. The minimum Gasteiger partial charge on any atom is -0.502 e. The maximum absolute atomic E-state index is 11.5. The van der Waals surface area contributed by atoms with Crippen LogP contribution in [0.2, 0.25) is 0 Å². The molecule has 1 amide bonds. The number of aliphatic hydroxyl groups is 1. The number of amides is 1. The summed E-state index contributed by atoms with van der Waals surface area (Å²) in [5.74, 6) is -2.78. The lowest BCUT2D eigenvalue weighted by molar-refractivity contribution is -0.153. The maximum atomic E-state index is 11.5. The number of alkyl halides is 1. The predicted molar refractivity (Wildman–Crippen MR) is 507 cm³/mol. The Hall–Kier alpha value is -11.5. The number of aldehydes is 1. The van der Waals surface area contributed by atoms with E-state index in [1.54, 1.807) is 80.7 Å². The molecule has 1 atom stereocenters. The number of pyridine rings is 3. The molecule has 0 radical (unpaired) electrons. The number of Topliss-reactive ketones (excluding diaryl/α,β-unsaturated/α-hetero) is 1. The number of fused-ring (bicyclic) bond motifs is 4. The molecule has 13 rings (SSSR count). The summed E-state index contributed by atoms with van der Waals surface area (Å²) in [5.41, 5.74) is 37.3. The molecule has 642 valence electrons. The number of carbonyl (C=O) groups is 6. The predicted octanol–water partition coefficient (Wildman–Crippen LogP) is 18.8. The van der Waals surface area contributed by atoms with E-state index in [1.807, 2.05) is 87.8 Å². The zero-order valence-electron chi connectivity index (χ0n) is 71.8. The van der Waals surface area contributed by atoms with E-state index >= 15 is 0 Å². The highest BCUT2D eigenvalue weighted by molar-refractivity contribution is 14.1. The fourth-order valence-electron chi connectivity index (χ4n) is 11.6. The third-order valence-corrected chi connectivity index (χ3v) is 18.6. The van der Waals surface area contributed by atoms with Crippen molar-refractivity contribution in [2.24, 2.45) is 5.73 Å². The lowest BCUT2D eigenvalue weighted by Crippen LogP contribution is -2.23. The van der Waals surface area contributed by atoms with Crippen LogP contribution in [-0.2, 0) is 38.2 Å². The lowest BCUT2D eigenvalue weighted by Gasteiger charge is -2.10. The fourth-order valence-corrected chi connectivity index (χ4v) is 12.7. The van der Waals surface area contributed by atoms with Gasteiger partial charge in [-0.3, -0.25) is 59.4 Å². The number of anilines is 2. The first-order chi connectivity index (χ1) is 56.4. The van der Waals surface area contributed by atoms with E-state index < -0.39 is 28.3 Å². The topological polar surface area (TPSA) is 395 Å². The van der Waals surface area contributed by atoms with Crippen molar-refractivity contribution >= 4 is 182 Å². The average molecular weight is 1930 g/mol. The Kier molecular flexibility index (Phi) is 47.1. The van der Waals surface area contributed by atoms with Crippen LogP contribution in [-0.4, -0.2) is 147 Å². The Balaban J connectivity index is 0.000000457. The molecule has 7 aromatic heterocycles. The number of ether oxygens (including phenoxy) is 3. The highest BCUT2D eigenvalue weighted by Gasteiger charge is 2.26. The smallest absolute Gasteiger partial charge is 0.376 e. The number of benzene rings is 6. The molecule has 13 aromatic rings. The van der Waals surface area contributed by atoms with E-state index in [4.69, 9.17) is 28.9 Å². The summed E-state index contributed by atoms with van der Waals surface area (Å²) in [7, 11) is 3.66. The molecule has 0 aliphatic rings. The monoisotopic (exact) mass is 1920 g/mol. The summed E-state index contributed by atoms with van der Waals surface area (Å²) in [6.45, 7) is 36.6. The average Bonchev–Trinajstić information content (AvgIpc) is 1.77. The van der Waals surface area contributed by atoms with Crippen molar-refractivity contribution in [3.8, 4) is 6.07 Å². The number of halogens is 4. The summed E-state index contributed by atoms with van der Waals surface area (Å²) < 4.78 is 15.0. The van der Waals surface area contributed by atoms with Crippen LogP contribution in [0.3, 0.4) is 0 Å². The van der Waals surface area contributed by atoms with E-state index in [9.17, 15) is 33.9 Å². The quantitative estimate of drug-likeness (QED) is 0.00508. The molecule has 1 unspecified atom stereocenters. The zero-order chi connectivity index (χ0) is 88.8. The van der Waals surface area contributed by atoms with Crippen molar-refractivity contribution < 1.29 is 48.1 Å². The number of rotatable bonds is 13. The van der Waals surface area contributed by atoms with Gasteiger partial charge in [-0.2, -0.15) is 25.7 Å². The standard InChI is InChI=1S/C11H15NO.C10H10BrNO3.C10H11N3S.C10H9N3.C10H11NO3.C9H9IN2.C9H10N2.C9H13N.C6H13NO2.C6H5NO.BrH.ClH/c1-7-5-8(2)11(9(3)6-7)12-10(4)13;1-2-15-10(14)9(13)8(11)7-4-3-5-12-6-7;1-5-3-6(2)8-7(4-5)9(10(11)14)13-12-8;1-6-3-7(2)10-8(4-6)9(5-11)12-13-10;1-2-14-10(13)9(12)6-8-4-3-5-11-7-8;1-5-3-6(2)8-7(4-5)9(10)12-11-8;1-6-3-7(2)9-8(4-6)5-10-11-9;1-6-4-7(2)9(10)8(3)5-6;1-4-9-6(8)5-7(2)3;8-5-6-2-1-3-7-4-6;;/h5-6H,1-4H3,(H,12,13);3-6,8H,2H2,1H3;3-4H,1-2H3,(H2,11,14)(H,12,13);3-4H,1-2H3,(H,12,13);3-7,12H,2H2,1H3;3-4H,1-2H3,(H,11,12);3-5H,1-2H3,(H,10,11);4-5H,10H2,1-3H3;4-5H2,1-3H3;1-5H;2*1H/b;;;;9-6-;;;;;;;. The summed E-state index contributed by atoms with van der Waals surface area (Å²) in [5, 5.41) is 53.2. The summed E-state index contributed by atoms with van der Waals surface area (Å²) in [4.78, 5) is 77.9. The first-order valence-electron chi connectivity index (χ1n) is 37.6. The minimum absolute atomic E-state index is 0. The minimum atomic E-state index is -0.830. The number of aromatic amines is 4. The second-order valence-corrected chi connectivity index (χ2v) is 30.0. The van der Waals surface area contributed by atoms with Gasteiger partial charge < -0.3 is 36.1 Å². The number of hydrogen-bond acceptors (Lipinski definition) is 21. The number of thiocarbonyl (C=S) groups is 1. The number of aromatic nitrogens is 11. The number of aryl methyl sites for hydroxylation is 14. The number of nitrogens with one attached hydrogen (secondary N) is 5. The van der Waals surface area contributed by atoms with E-state index in [0.29, 0.717) is 40.5 Å². The third kappa shape index (κ3) is 35.4. The van der Waals surface area contributed by atoms with Gasteiger partial charge in [-0.15, -0.1) is 29.4 Å². The molecule has 0 aliphatic carbocycles. The van der Waals surface area contributed by atoms with Crippen LogP contribution in [0, 0.1) is 112 Å². The van der Waals surface area contributed by atoms with Gasteiger partial charge in [-0.05, 0) is 265 Å². The molecule has 0 spiro atoms. The molecule has 0 aliphatic heterocycles. The number of hydrogen-bond donors (Lipinski definition) is 8. The van der Waals surface area contributed by atoms with Crippen LogP contribution >= 0.6 is 80.1 Å². The van der Waals surface area contributed by atoms with Crippen LogP contribution in [0.15, 0.2) is 158 Å². The Bertz CT molecular complexity index is 5600. The number of ketones is 1. The summed E-state index contributed by atoms with van der Waals surface area (Å²) in [6, 6.07) is 37.5. The van der Waals surface area contributed by atoms with Crippen LogP contribution in [0.25, 0.3) is 49.7 Å². The number of nitrogen functional groups attached to an aromatic ring is 1. The number of likely N-dealkylation sites (N-methyl/N-ethyl adjacent to an activating group) is 1. The molecule has 31 heteroatoms. The molecule has 10 N–H and O–H groups in total. The molecule has 6 aromatic carbocycles. The number of aliphatic hydroxyl groups excluding tert-OH is 1. The van der Waals surface area contributed by atoms with Gasteiger partial charge in [0.15, 0.2) is 12.0 Å². The van der Waals surface area contributed by atoms with Gasteiger partial charge in [0, 0.05) is 82.6 Å². The van der Waals surface area contributed by atoms with Crippen molar-refractivity contribution in [2.75, 3.05) is 51.5 Å². The Morgan fingerprint density at radius 3 is 1.53 bits per heavy atom. The SMILES string of the molecule is Br.CC(=O)Nc1c(C)cc(C)cc1C.CCOC(=O)/C(O)=C/c1cccnc1.CCOC(=O)C(=O)C(Br)c1cccnc1.CCOC(=O)CN(C)C.Cc1cc(C)c(N)c(C)c1.Cc1cc(C)c2[nH]nc(C#N)c2c1.Cc1cc(C)c2[nH]ncc2c1.Cc1cc(C)c2n[nH]c(C(N)=S)c2c1.Cc1cc(C)c2n[nH]c(I)c2c1.Cl.O=Cc1cccnc1. The largest absolute Gasteiger partial charge is 0.502 e. The number of H-pyrrole nitrogens is 4. The van der Waals surface area contributed by atoms with E-state index in [0.717, 1.165) is 87.7 Å². The first kappa shape index (κ1) is 106. The van der Waals surface area contributed by atoms with Crippen LogP contribution in [0.4, 0.5) is 11.4 Å². The van der Waals surface area contributed by atoms with Gasteiger partial charge in [0.25, 0.3) is 5.78 Å². The van der Waals surface area contributed by atoms with Crippen LogP contribution in [0.1, 0.15) is 143 Å². The van der Waals surface area contributed by atoms with Gasteiger partial charge in [0.2, 0.25) is 11.7 Å². The lowest BCUT2D eigenvalue weighted by atomic mass is 10.1. The number of nitrogens with zero attached hydrogens (tertiary/aromatic N) is 9. The second kappa shape index (κ2) is 53.9. The summed E-state index contributed by atoms with van der Waals surface area (Å²) >= 11 is 10.3. The third-order valence-electron chi connectivity index (χ3n) is 16.6. The molecular formula is C90H108Br2ClIN16O10S. The first-order valence-corrected chi connectivity index (χ1v) is 40.0. The van der Waals surface area contributed by atoms with Crippen LogP contribution in [0.5, 0.6) is 0 Å². The highest BCUT2D eigenvalue weighted by atomic mass is 127. The van der Waals surface area contributed by atoms with Gasteiger partial charge in [-0.25, -0.2) is 9.59 Å². The molecule has 0 saturated heterocycles. The van der Waals surface area contributed by atoms with Crippen molar-refractivity contribution in [3.05, 3.63) is 268 Å². The highest BCUT2D eigenvalue weighted by Crippen LogP contribution is 2.27. The van der Waals surface area contributed by atoms with E-state index in [-0.39, 0.29) is 54.5 Å². The summed E-state index contributed by atoms with van der Waals surface area (Å²) in [6.07, 6.45) is 13.4. The normalized spacial score (nSPS) is 10.3. The Morgan fingerprint density at radius 1 is 0.595 bits per heavy atom. The van der Waals surface area contributed by atoms with Gasteiger partial charge >= 0.3 is 17.9 Å². The van der Waals surface area contributed by atoms with Gasteiger partial charge in [-0.1, -0.05) is 122 Å². The Morgan fingerprint density at radius 2 is 1.05 bits per heavy atom. The van der Waals surface area contributed by atoms with Crippen LogP contribution < -0.4 is 16.8 Å². The van der Waals surface area contributed by atoms with Crippen molar-refractivity contribution in [2.45, 2.75) is 129 Å². The molecular weight excluding hydrogens is 1820 g/mol. The van der Waals surface area contributed by atoms with Crippen molar-refractivity contribution in [1.29, 1.82) is 5.26 Å². The molecule has 0 saturated carbocycles. The number of nitriles is 1. The molecule has 121 heavy (non-hydrogen) atoms. The molecule has 7 heterocycles. The van der Waals surface area contributed by atoms with Gasteiger partial charge in [0.1, 0.15) is 19.6 Å². The van der Waals surface area contributed by atoms with Crippen molar-refractivity contribution in [3.63, 3.8) is 0 Å². The number of nitrogens with two attached hydrogens (primary N) is 2. The molecule has 0 fully saturated rings. The van der Waals surface area contributed by atoms with E-state index in [2.05, 4.69) is 222 Å². The number of esters is 3. The van der Waals surface area contributed by atoms with Gasteiger partial charge in [0.05, 0.1) is 60.3 Å². The Labute approximate surface area is 751 Å². The number of carbonyl (C=O) groups excluding carboxylic acids is 6. The zero-order valence-corrected chi connectivity index (χ0v) is 78.9. The molecule has 26 nitrogen and oxygen atoms in total.